The summed E-state index contributed by atoms with van der Waals surface area (Å²) in [6.45, 7) is 2.40. The molecule has 0 saturated carbocycles. The Labute approximate surface area is 107 Å². The second kappa shape index (κ2) is 4.57. The molecular formula is C11H16N2O6. The van der Waals surface area contributed by atoms with Crippen molar-refractivity contribution >= 4 is 0 Å². The lowest BCUT2D eigenvalue weighted by Crippen LogP contribution is -2.43. The molecule has 0 spiro atoms. The number of hydrogen-bond donors (Lipinski definition) is 4. The van der Waals surface area contributed by atoms with Crippen LogP contribution in [-0.2, 0) is 4.74 Å². The van der Waals surface area contributed by atoms with Crippen molar-refractivity contribution < 1.29 is 20.1 Å². The number of hydrogen-bond acceptors (Lipinski definition) is 6. The SMILES string of the molecule is Cc1cn(C2O[C@](C)(CO)[C@@H](O)[C@H]2O)c(=O)[nH]c1=O. The standard InChI is InChI=1S/C11H16N2O6/c1-5-3-13(10(18)12-8(5)17)9-6(15)7(16)11(2,4-14)19-9/h3,6-7,9,14-16H,4H2,1-2H3,(H,12,17,18)/t6-,7+,9?,11-/m1/s1. The number of aromatic amines is 1. The highest BCUT2D eigenvalue weighted by Crippen LogP contribution is 2.35. The lowest BCUT2D eigenvalue weighted by Gasteiger charge is -2.24. The van der Waals surface area contributed by atoms with Crippen molar-refractivity contribution in [2.24, 2.45) is 0 Å². The molecule has 1 fully saturated rings. The molecule has 2 rings (SSSR count). The first-order valence-electron chi connectivity index (χ1n) is 5.77. The van der Waals surface area contributed by atoms with Gasteiger partial charge in [0.05, 0.1) is 6.61 Å². The molecule has 1 aliphatic heterocycles. The van der Waals surface area contributed by atoms with Crippen LogP contribution in [0.1, 0.15) is 18.7 Å². The van der Waals surface area contributed by atoms with Crippen LogP contribution >= 0.6 is 0 Å². The molecule has 1 unspecified atom stereocenters. The lowest BCUT2D eigenvalue weighted by atomic mass is 9.99. The Morgan fingerprint density at radius 2 is 2.11 bits per heavy atom. The summed E-state index contributed by atoms with van der Waals surface area (Å²) in [6.07, 6.45) is -2.66. The summed E-state index contributed by atoms with van der Waals surface area (Å²) in [7, 11) is 0. The van der Waals surface area contributed by atoms with Gasteiger partial charge < -0.3 is 20.1 Å². The number of ether oxygens (including phenoxy) is 1. The van der Waals surface area contributed by atoms with Gasteiger partial charge in [-0.2, -0.15) is 0 Å². The molecule has 1 aliphatic rings. The molecule has 4 atom stereocenters. The number of aryl methyl sites for hydroxylation is 1. The third kappa shape index (κ3) is 2.12. The smallest absolute Gasteiger partial charge is 0.330 e. The molecule has 2 heterocycles. The highest BCUT2D eigenvalue weighted by atomic mass is 16.6. The van der Waals surface area contributed by atoms with Crippen molar-refractivity contribution in [1.82, 2.24) is 9.55 Å². The number of nitrogens with one attached hydrogen (secondary N) is 1. The first-order chi connectivity index (χ1) is 8.80. The van der Waals surface area contributed by atoms with Gasteiger partial charge in [-0.25, -0.2) is 4.79 Å². The van der Waals surface area contributed by atoms with Crippen molar-refractivity contribution in [3.63, 3.8) is 0 Å². The fourth-order valence-corrected chi connectivity index (χ4v) is 2.06. The molecule has 0 aromatic carbocycles. The van der Waals surface area contributed by atoms with Crippen molar-refractivity contribution in [3.8, 4) is 0 Å². The third-order valence-corrected chi connectivity index (χ3v) is 3.37. The largest absolute Gasteiger partial charge is 0.393 e. The maximum Gasteiger partial charge on any atom is 0.330 e. The predicted octanol–water partition coefficient (Wildman–Crippen LogP) is -2.15. The van der Waals surface area contributed by atoms with E-state index in [0.717, 1.165) is 4.57 Å². The van der Waals surface area contributed by atoms with Crippen LogP contribution in [0.5, 0.6) is 0 Å². The van der Waals surface area contributed by atoms with E-state index in [1.54, 1.807) is 0 Å². The minimum atomic E-state index is -1.39. The molecule has 0 aliphatic carbocycles. The summed E-state index contributed by atoms with van der Waals surface area (Å²) in [5, 5.41) is 29.0. The second-order valence-corrected chi connectivity index (χ2v) is 4.89. The Hall–Kier alpha value is -1.48. The van der Waals surface area contributed by atoms with Crippen LogP contribution < -0.4 is 11.2 Å². The molecule has 1 aromatic rings. The average molecular weight is 272 g/mol. The van der Waals surface area contributed by atoms with Gasteiger partial charge in [0, 0.05) is 11.8 Å². The van der Waals surface area contributed by atoms with Crippen LogP contribution in [-0.4, -0.2) is 49.3 Å². The Kier molecular flexibility index (Phi) is 3.35. The zero-order valence-corrected chi connectivity index (χ0v) is 10.5. The Bertz CT molecular complexity index is 594. The molecule has 8 heteroatoms. The van der Waals surface area contributed by atoms with Gasteiger partial charge in [0.1, 0.15) is 17.8 Å². The average Bonchev–Trinajstić information content (AvgIpc) is 2.59. The topological polar surface area (TPSA) is 125 Å². The van der Waals surface area contributed by atoms with Gasteiger partial charge in [-0.05, 0) is 13.8 Å². The predicted molar refractivity (Wildman–Crippen MR) is 63.7 cm³/mol. The van der Waals surface area contributed by atoms with Crippen molar-refractivity contribution in [2.75, 3.05) is 6.61 Å². The van der Waals surface area contributed by atoms with E-state index in [0.29, 0.717) is 0 Å². The van der Waals surface area contributed by atoms with Crippen molar-refractivity contribution in [2.45, 2.75) is 37.9 Å². The number of H-pyrrole nitrogens is 1. The van der Waals surface area contributed by atoms with Crippen LogP contribution in [0.25, 0.3) is 0 Å². The van der Waals surface area contributed by atoms with E-state index in [4.69, 9.17) is 4.74 Å². The van der Waals surface area contributed by atoms with E-state index in [9.17, 15) is 24.9 Å². The summed E-state index contributed by atoms with van der Waals surface area (Å²) < 4.78 is 6.37. The highest BCUT2D eigenvalue weighted by molar-refractivity contribution is 5.04. The zero-order chi connectivity index (χ0) is 14.4. The van der Waals surface area contributed by atoms with Gasteiger partial charge in [-0.3, -0.25) is 14.3 Å². The van der Waals surface area contributed by atoms with Crippen LogP contribution in [0.3, 0.4) is 0 Å². The van der Waals surface area contributed by atoms with Gasteiger partial charge in [0.2, 0.25) is 0 Å². The Morgan fingerprint density at radius 3 is 2.63 bits per heavy atom. The summed E-state index contributed by atoms with van der Waals surface area (Å²) >= 11 is 0. The van der Waals surface area contributed by atoms with Gasteiger partial charge in [0.25, 0.3) is 5.56 Å². The first kappa shape index (κ1) is 13.9. The number of aliphatic hydroxyl groups excluding tert-OH is 3. The van der Waals surface area contributed by atoms with Crippen LogP contribution in [0.2, 0.25) is 0 Å². The van der Waals surface area contributed by atoms with Gasteiger partial charge in [-0.1, -0.05) is 0 Å². The van der Waals surface area contributed by atoms with Crippen molar-refractivity contribution in [3.05, 3.63) is 32.6 Å². The maximum atomic E-state index is 11.7. The summed E-state index contributed by atoms with van der Waals surface area (Å²) in [6, 6.07) is 0. The minimum absolute atomic E-state index is 0.266. The minimum Gasteiger partial charge on any atom is -0.393 e. The molecule has 8 nitrogen and oxygen atoms in total. The summed E-state index contributed by atoms with van der Waals surface area (Å²) in [4.78, 5) is 25.1. The first-order valence-corrected chi connectivity index (χ1v) is 5.77. The van der Waals surface area contributed by atoms with E-state index in [2.05, 4.69) is 4.98 Å². The fourth-order valence-electron chi connectivity index (χ4n) is 2.06. The Morgan fingerprint density at radius 1 is 1.47 bits per heavy atom. The van der Waals surface area contributed by atoms with Crippen LogP contribution in [0.4, 0.5) is 0 Å². The maximum absolute atomic E-state index is 11.7. The highest BCUT2D eigenvalue weighted by Gasteiger charge is 2.51. The summed E-state index contributed by atoms with van der Waals surface area (Å²) in [5.41, 5.74) is -2.39. The monoisotopic (exact) mass is 272 g/mol. The summed E-state index contributed by atoms with van der Waals surface area (Å²) in [5.74, 6) is 0. The van der Waals surface area contributed by atoms with E-state index in [1.807, 2.05) is 0 Å². The van der Waals surface area contributed by atoms with E-state index in [-0.39, 0.29) is 5.56 Å². The molecule has 0 bridgehead atoms. The number of nitrogens with zero attached hydrogens (tertiary/aromatic N) is 1. The van der Waals surface area contributed by atoms with Gasteiger partial charge in [0.15, 0.2) is 6.23 Å². The number of aliphatic hydroxyl groups is 3. The zero-order valence-electron chi connectivity index (χ0n) is 10.5. The molecule has 4 N–H and O–H groups in total. The van der Waals surface area contributed by atoms with Crippen LogP contribution in [0, 0.1) is 6.92 Å². The van der Waals surface area contributed by atoms with Gasteiger partial charge >= 0.3 is 5.69 Å². The number of rotatable bonds is 2. The lowest BCUT2D eigenvalue weighted by molar-refractivity contribution is -0.118. The van der Waals surface area contributed by atoms with Crippen molar-refractivity contribution in [1.29, 1.82) is 0 Å². The van der Waals surface area contributed by atoms with E-state index < -0.39 is 41.9 Å². The van der Waals surface area contributed by atoms with E-state index >= 15 is 0 Å². The molecule has 106 valence electrons. The van der Waals surface area contributed by atoms with Gasteiger partial charge in [-0.15, -0.1) is 0 Å². The quantitative estimate of drug-likeness (QED) is 0.486. The molecular weight excluding hydrogens is 256 g/mol. The third-order valence-electron chi connectivity index (χ3n) is 3.37. The fraction of sp³-hybridized carbons (Fsp3) is 0.636. The molecule has 1 aromatic heterocycles. The molecule has 19 heavy (non-hydrogen) atoms. The molecule has 0 amide bonds. The van der Waals surface area contributed by atoms with E-state index in [1.165, 1.54) is 20.0 Å². The normalized spacial score (nSPS) is 34.7. The second-order valence-electron chi connectivity index (χ2n) is 4.89. The molecule has 1 saturated heterocycles. The van der Waals surface area contributed by atoms with Crippen LogP contribution in [0.15, 0.2) is 15.8 Å². The molecule has 0 radical (unpaired) electrons. The Balaban J connectivity index is 2.47. The number of aromatic nitrogens is 2.